The number of thiazole rings is 1. The molecule has 0 atom stereocenters. The molecular weight excluding hydrogens is 232 g/mol. The molecule has 0 unspecified atom stereocenters. The predicted molar refractivity (Wildman–Crippen MR) is 72.1 cm³/mol. The Morgan fingerprint density at radius 1 is 1.35 bits per heavy atom. The maximum atomic E-state index is 10.9. The molecule has 1 aromatic heterocycles. The van der Waals surface area contributed by atoms with Crippen LogP contribution in [0.25, 0.3) is 5.57 Å². The first-order valence-electron chi connectivity index (χ1n) is 5.36. The number of hydrogen-bond donors (Lipinski definition) is 2. The van der Waals surface area contributed by atoms with Gasteiger partial charge in [-0.3, -0.25) is 4.79 Å². The second-order valence-corrected chi connectivity index (χ2v) is 4.59. The maximum absolute atomic E-state index is 10.9. The highest BCUT2D eigenvalue weighted by Gasteiger charge is 1.99. The summed E-state index contributed by atoms with van der Waals surface area (Å²) >= 11 is 1.19. The molecule has 0 bridgehead atoms. The van der Waals surface area contributed by atoms with Gasteiger partial charge in [0.15, 0.2) is 0 Å². The molecule has 1 aromatic carbocycles. The zero-order chi connectivity index (χ0) is 12.1. The summed E-state index contributed by atoms with van der Waals surface area (Å²) in [6, 6.07) is 10.1. The van der Waals surface area contributed by atoms with Crippen LogP contribution in [0.3, 0.4) is 0 Å². The molecule has 0 radical (unpaired) electrons. The Labute approximate surface area is 104 Å². The van der Waals surface area contributed by atoms with E-state index < -0.39 is 0 Å². The predicted octanol–water partition coefficient (Wildman–Crippen LogP) is 2.24. The van der Waals surface area contributed by atoms with Crippen LogP contribution in [0.1, 0.15) is 11.3 Å². The van der Waals surface area contributed by atoms with Crippen LogP contribution in [0, 0.1) is 0 Å². The van der Waals surface area contributed by atoms with Crippen LogP contribution in [0.5, 0.6) is 0 Å². The third-order valence-electron chi connectivity index (χ3n) is 2.41. The van der Waals surface area contributed by atoms with Crippen molar-refractivity contribution in [1.29, 1.82) is 0 Å². The van der Waals surface area contributed by atoms with Crippen LogP contribution in [0.15, 0.2) is 47.1 Å². The van der Waals surface area contributed by atoms with Gasteiger partial charge in [-0.15, -0.1) is 0 Å². The van der Waals surface area contributed by atoms with Gasteiger partial charge in [0.05, 0.1) is 0 Å². The van der Waals surface area contributed by atoms with Crippen LogP contribution in [-0.2, 0) is 6.54 Å². The number of benzene rings is 1. The summed E-state index contributed by atoms with van der Waals surface area (Å²) < 4.78 is 0. The summed E-state index contributed by atoms with van der Waals surface area (Å²) in [4.78, 5) is 13.7. The second-order valence-electron chi connectivity index (χ2n) is 3.75. The second kappa shape index (κ2) is 5.61. The van der Waals surface area contributed by atoms with Crippen LogP contribution in [0.2, 0.25) is 0 Å². The van der Waals surface area contributed by atoms with Crippen molar-refractivity contribution in [1.82, 2.24) is 10.3 Å². The van der Waals surface area contributed by atoms with Gasteiger partial charge in [0, 0.05) is 24.2 Å². The monoisotopic (exact) mass is 246 g/mol. The average molecular weight is 246 g/mol. The molecule has 0 aliphatic carbocycles. The number of H-pyrrole nitrogens is 1. The SMILES string of the molecule is C=C(CNCc1csc(=O)[nH]1)c1ccccc1. The number of aromatic amines is 1. The minimum atomic E-state index is -0.0105. The summed E-state index contributed by atoms with van der Waals surface area (Å²) in [5, 5.41) is 5.08. The molecule has 0 aliphatic rings. The highest BCUT2D eigenvalue weighted by Crippen LogP contribution is 2.10. The van der Waals surface area contributed by atoms with Crippen molar-refractivity contribution in [3.63, 3.8) is 0 Å². The molecule has 2 rings (SSSR count). The van der Waals surface area contributed by atoms with Crippen molar-refractivity contribution in [2.24, 2.45) is 0 Å². The largest absolute Gasteiger partial charge is 0.315 e. The fourth-order valence-electron chi connectivity index (χ4n) is 1.52. The van der Waals surface area contributed by atoms with Gasteiger partial charge in [0.2, 0.25) is 0 Å². The maximum Gasteiger partial charge on any atom is 0.304 e. The molecule has 0 spiro atoms. The number of rotatable bonds is 5. The smallest absolute Gasteiger partial charge is 0.304 e. The molecule has 0 saturated heterocycles. The van der Waals surface area contributed by atoms with E-state index in [1.807, 2.05) is 35.7 Å². The lowest BCUT2D eigenvalue weighted by molar-refractivity contribution is 0.750. The summed E-state index contributed by atoms with van der Waals surface area (Å²) in [5.41, 5.74) is 3.10. The Bertz CT molecular complexity index is 542. The van der Waals surface area contributed by atoms with E-state index in [-0.39, 0.29) is 4.87 Å². The Balaban J connectivity index is 1.83. The van der Waals surface area contributed by atoms with Crippen LogP contribution in [-0.4, -0.2) is 11.5 Å². The number of hydrogen-bond acceptors (Lipinski definition) is 3. The van der Waals surface area contributed by atoms with Crippen LogP contribution < -0.4 is 10.2 Å². The number of aromatic nitrogens is 1. The highest BCUT2D eigenvalue weighted by atomic mass is 32.1. The van der Waals surface area contributed by atoms with Crippen molar-refractivity contribution in [3.8, 4) is 0 Å². The first kappa shape index (κ1) is 11.8. The normalized spacial score (nSPS) is 10.4. The van der Waals surface area contributed by atoms with Crippen LogP contribution in [0.4, 0.5) is 0 Å². The molecule has 17 heavy (non-hydrogen) atoms. The van der Waals surface area contributed by atoms with Crippen molar-refractivity contribution in [2.45, 2.75) is 6.54 Å². The summed E-state index contributed by atoms with van der Waals surface area (Å²) in [6.07, 6.45) is 0. The minimum Gasteiger partial charge on any atom is -0.315 e. The average Bonchev–Trinajstić information content (AvgIpc) is 2.76. The van der Waals surface area contributed by atoms with Gasteiger partial charge >= 0.3 is 4.87 Å². The summed E-state index contributed by atoms with van der Waals surface area (Å²) in [5.74, 6) is 0. The van der Waals surface area contributed by atoms with E-state index in [9.17, 15) is 4.79 Å². The van der Waals surface area contributed by atoms with Gasteiger partial charge in [-0.2, -0.15) is 0 Å². The number of nitrogens with one attached hydrogen (secondary N) is 2. The standard InChI is InChI=1S/C13H14N2OS/c1-10(11-5-3-2-4-6-11)7-14-8-12-9-17-13(16)15-12/h2-6,9,14H,1,7-8H2,(H,15,16). The minimum absolute atomic E-state index is 0.0105. The zero-order valence-corrected chi connectivity index (χ0v) is 10.2. The van der Waals surface area contributed by atoms with Gasteiger partial charge in [-0.25, -0.2) is 0 Å². The van der Waals surface area contributed by atoms with Gasteiger partial charge < -0.3 is 10.3 Å². The van der Waals surface area contributed by atoms with Gasteiger partial charge in [-0.05, 0) is 11.1 Å². The van der Waals surface area contributed by atoms with Crippen molar-refractivity contribution < 1.29 is 0 Å². The molecular formula is C13H14N2OS. The lowest BCUT2D eigenvalue weighted by atomic mass is 10.1. The summed E-state index contributed by atoms with van der Waals surface area (Å²) in [6.45, 7) is 5.40. The lowest BCUT2D eigenvalue weighted by Gasteiger charge is -2.06. The molecule has 88 valence electrons. The molecule has 4 heteroatoms. The first-order valence-corrected chi connectivity index (χ1v) is 6.24. The van der Waals surface area contributed by atoms with Gasteiger partial charge in [-0.1, -0.05) is 48.2 Å². The third kappa shape index (κ3) is 3.41. The quantitative estimate of drug-likeness (QED) is 0.850. The van der Waals surface area contributed by atoms with E-state index in [2.05, 4.69) is 16.9 Å². The fourth-order valence-corrected chi connectivity index (χ4v) is 2.11. The van der Waals surface area contributed by atoms with Crippen LogP contribution >= 0.6 is 11.3 Å². The Morgan fingerprint density at radius 3 is 2.76 bits per heavy atom. The topological polar surface area (TPSA) is 44.9 Å². The van der Waals surface area contributed by atoms with E-state index in [1.165, 1.54) is 11.3 Å². The third-order valence-corrected chi connectivity index (χ3v) is 3.13. The van der Waals surface area contributed by atoms with E-state index in [4.69, 9.17) is 0 Å². The van der Waals surface area contributed by atoms with Gasteiger partial charge in [0.25, 0.3) is 0 Å². The molecule has 3 nitrogen and oxygen atoms in total. The Kier molecular flexibility index (Phi) is 3.90. The van der Waals surface area contributed by atoms with E-state index >= 15 is 0 Å². The zero-order valence-electron chi connectivity index (χ0n) is 9.40. The van der Waals surface area contributed by atoms with Crippen molar-refractivity contribution in [2.75, 3.05) is 6.54 Å². The lowest BCUT2D eigenvalue weighted by Crippen LogP contribution is -2.16. The van der Waals surface area contributed by atoms with Crippen molar-refractivity contribution in [3.05, 3.63) is 63.2 Å². The highest BCUT2D eigenvalue weighted by molar-refractivity contribution is 7.07. The van der Waals surface area contributed by atoms with Gasteiger partial charge in [0.1, 0.15) is 0 Å². The Morgan fingerprint density at radius 2 is 2.12 bits per heavy atom. The molecule has 0 aliphatic heterocycles. The summed E-state index contributed by atoms with van der Waals surface area (Å²) in [7, 11) is 0. The molecule has 2 aromatic rings. The molecule has 0 fully saturated rings. The molecule has 2 N–H and O–H groups in total. The molecule has 0 amide bonds. The van der Waals surface area contributed by atoms with E-state index in [1.54, 1.807) is 0 Å². The first-order chi connectivity index (χ1) is 8.25. The molecule has 1 heterocycles. The molecule has 0 saturated carbocycles. The fraction of sp³-hybridized carbons (Fsp3) is 0.154. The van der Waals surface area contributed by atoms with Crippen molar-refractivity contribution >= 4 is 16.9 Å². The van der Waals surface area contributed by atoms with E-state index in [0.29, 0.717) is 13.1 Å². The van der Waals surface area contributed by atoms with E-state index in [0.717, 1.165) is 16.8 Å². The Hall–Kier alpha value is -1.65.